The van der Waals surface area contributed by atoms with Gasteiger partial charge < -0.3 is 25.2 Å². The molecule has 0 radical (unpaired) electrons. The predicted octanol–water partition coefficient (Wildman–Crippen LogP) is 2.44. The van der Waals surface area contributed by atoms with Crippen molar-refractivity contribution >= 4 is 11.9 Å². The molecule has 0 aromatic rings. The van der Waals surface area contributed by atoms with Gasteiger partial charge in [0.15, 0.2) is 0 Å². The molecular weight excluding hydrogens is 388 g/mol. The van der Waals surface area contributed by atoms with Crippen LogP contribution in [-0.4, -0.2) is 56.8 Å². The fourth-order valence-corrected chi connectivity index (χ4v) is 4.51. The number of aliphatic hydroxyl groups is 3. The number of hydrogen-bond acceptors (Lipinski definition) is 6. The molecule has 4 N–H and O–H groups in total. The van der Waals surface area contributed by atoms with Crippen LogP contribution >= 0.6 is 0 Å². The number of carbonyl (C=O) groups is 2. The van der Waals surface area contributed by atoms with Gasteiger partial charge in [-0.15, -0.1) is 0 Å². The Kier molecular flexibility index (Phi) is 9.07. The lowest BCUT2D eigenvalue weighted by Crippen LogP contribution is -2.41. The summed E-state index contributed by atoms with van der Waals surface area (Å²) >= 11 is 0. The Morgan fingerprint density at radius 1 is 1.20 bits per heavy atom. The van der Waals surface area contributed by atoms with Crippen molar-refractivity contribution in [3.63, 3.8) is 0 Å². The summed E-state index contributed by atoms with van der Waals surface area (Å²) in [6.07, 6.45) is 5.82. The van der Waals surface area contributed by atoms with Crippen molar-refractivity contribution in [2.24, 2.45) is 23.7 Å². The van der Waals surface area contributed by atoms with Gasteiger partial charge in [-0.1, -0.05) is 25.2 Å². The zero-order valence-electron chi connectivity index (χ0n) is 18.1. The molecule has 0 aliphatic heterocycles. The van der Waals surface area contributed by atoms with E-state index in [1.807, 2.05) is 0 Å². The smallest absolute Gasteiger partial charge is 0.311 e. The second-order valence-electron chi connectivity index (χ2n) is 8.91. The molecule has 0 aromatic carbocycles. The fourth-order valence-electron chi connectivity index (χ4n) is 4.51. The van der Waals surface area contributed by atoms with Gasteiger partial charge in [-0.25, -0.2) is 0 Å². The van der Waals surface area contributed by atoms with Gasteiger partial charge >= 0.3 is 11.9 Å². The third kappa shape index (κ3) is 6.65. The van der Waals surface area contributed by atoms with Gasteiger partial charge in [0.1, 0.15) is 6.10 Å². The SMILES string of the molecule is C[C@H](C(=O)O[C@H]1CCC=C2C=C[C@H](C)[C@H](CC[C@@H](O)C[C@@H](O)CC(=O)O)[C@H]21)[C@@H](C)O. The molecule has 0 bridgehead atoms. The molecule has 2 aliphatic rings. The molecule has 0 aromatic heterocycles. The highest BCUT2D eigenvalue weighted by Gasteiger charge is 2.40. The van der Waals surface area contributed by atoms with E-state index in [2.05, 4.69) is 25.2 Å². The lowest BCUT2D eigenvalue weighted by molar-refractivity contribution is -0.161. The van der Waals surface area contributed by atoms with E-state index in [1.54, 1.807) is 13.8 Å². The monoisotopic (exact) mass is 424 g/mol. The molecular formula is C23H36O7. The van der Waals surface area contributed by atoms with Crippen LogP contribution in [0, 0.1) is 23.7 Å². The van der Waals surface area contributed by atoms with Crippen LogP contribution in [0.5, 0.6) is 0 Å². The third-order valence-electron chi connectivity index (χ3n) is 6.50. The van der Waals surface area contributed by atoms with Gasteiger partial charge in [0.05, 0.1) is 30.7 Å². The maximum atomic E-state index is 12.5. The van der Waals surface area contributed by atoms with E-state index in [-0.39, 0.29) is 36.7 Å². The first kappa shape index (κ1) is 24.6. The zero-order chi connectivity index (χ0) is 22.4. The van der Waals surface area contributed by atoms with Gasteiger partial charge in [0.2, 0.25) is 0 Å². The predicted molar refractivity (Wildman–Crippen MR) is 111 cm³/mol. The number of ether oxygens (including phenoxy) is 1. The maximum Gasteiger partial charge on any atom is 0.311 e. The summed E-state index contributed by atoms with van der Waals surface area (Å²) in [4.78, 5) is 23.2. The molecule has 30 heavy (non-hydrogen) atoms. The van der Waals surface area contributed by atoms with Gasteiger partial charge in [0.25, 0.3) is 0 Å². The molecule has 0 spiro atoms. The van der Waals surface area contributed by atoms with Crippen LogP contribution in [0.4, 0.5) is 0 Å². The number of carboxylic acid groups (broad SMARTS) is 1. The summed E-state index contributed by atoms with van der Waals surface area (Å²) in [5, 5.41) is 38.5. The van der Waals surface area contributed by atoms with E-state index < -0.39 is 36.2 Å². The van der Waals surface area contributed by atoms with E-state index in [4.69, 9.17) is 9.84 Å². The number of allylic oxidation sites excluding steroid dienone is 3. The first-order chi connectivity index (χ1) is 14.1. The number of carboxylic acids is 1. The van der Waals surface area contributed by atoms with Crippen LogP contribution in [0.15, 0.2) is 23.8 Å². The Balaban J connectivity index is 2.05. The second kappa shape index (κ2) is 11.1. The molecule has 8 atom stereocenters. The first-order valence-corrected chi connectivity index (χ1v) is 10.9. The van der Waals surface area contributed by atoms with Crippen LogP contribution < -0.4 is 0 Å². The van der Waals surface area contributed by atoms with E-state index in [1.165, 1.54) is 0 Å². The Morgan fingerprint density at radius 3 is 2.53 bits per heavy atom. The zero-order valence-corrected chi connectivity index (χ0v) is 18.1. The number of fused-ring (bicyclic) bond motifs is 1. The molecule has 2 aliphatic carbocycles. The van der Waals surface area contributed by atoms with Crippen LogP contribution in [0.3, 0.4) is 0 Å². The summed E-state index contributed by atoms with van der Waals surface area (Å²) < 4.78 is 5.84. The van der Waals surface area contributed by atoms with Crippen molar-refractivity contribution in [3.05, 3.63) is 23.8 Å². The number of rotatable bonds is 10. The number of aliphatic hydroxyl groups excluding tert-OH is 3. The van der Waals surface area contributed by atoms with Crippen LogP contribution in [0.1, 0.15) is 59.3 Å². The van der Waals surface area contributed by atoms with Crippen LogP contribution in [-0.2, 0) is 14.3 Å². The molecule has 0 amide bonds. The molecule has 7 nitrogen and oxygen atoms in total. The fraction of sp³-hybridized carbons (Fsp3) is 0.739. The average molecular weight is 425 g/mol. The van der Waals surface area contributed by atoms with E-state index in [0.29, 0.717) is 12.8 Å². The summed E-state index contributed by atoms with van der Waals surface area (Å²) in [6.45, 7) is 5.34. The van der Waals surface area contributed by atoms with Crippen LogP contribution in [0.2, 0.25) is 0 Å². The topological polar surface area (TPSA) is 124 Å². The van der Waals surface area contributed by atoms with E-state index in [0.717, 1.165) is 18.4 Å². The Bertz CT molecular complexity index is 654. The molecule has 0 unspecified atom stereocenters. The van der Waals surface area contributed by atoms with Crippen molar-refractivity contribution in [2.75, 3.05) is 0 Å². The van der Waals surface area contributed by atoms with Crippen molar-refractivity contribution in [2.45, 2.75) is 83.7 Å². The van der Waals surface area contributed by atoms with Gasteiger partial charge in [-0.05, 0) is 63.4 Å². The minimum Gasteiger partial charge on any atom is -0.481 e. The lowest BCUT2D eigenvalue weighted by atomic mass is 9.66. The van der Waals surface area contributed by atoms with E-state index in [9.17, 15) is 24.9 Å². The van der Waals surface area contributed by atoms with Crippen LogP contribution in [0.25, 0.3) is 0 Å². The van der Waals surface area contributed by atoms with Gasteiger partial charge in [-0.2, -0.15) is 0 Å². The molecule has 170 valence electrons. The van der Waals surface area contributed by atoms with Crippen molar-refractivity contribution in [1.82, 2.24) is 0 Å². The standard InChI is InChI=1S/C23H36O7/c1-13-7-8-16-5-4-6-20(30-23(29)14(2)15(3)24)22(16)19(13)10-9-17(25)11-18(26)12-21(27)28/h5,7-8,13-15,17-20,22,24-26H,4,6,9-12H2,1-3H3,(H,27,28)/t13-,14-,15+,17+,18+,19-,20-,22-/m0/s1. The Morgan fingerprint density at radius 2 is 1.90 bits per heavy atom. The summed E-state index contributed by atoms with van der Waals surface area (Å²) in [5.41, 5.74) is 1.15. The van der Waals surface area contributed by atoms with Gasteiger partial charge in [0, 0.05) is 5.92 Å². The molecule has 7 heteroatoms. The molecule has 0 fully saturated rings. The third-order valence-corrected chi connectivity index (χ3v) is 6.50. The highest BCUT2D eigenvalue weighted by molar-refractivity contribution is 5.73. The summed E-state index contributed by atoms with van der Waals surface area (Å²) in [7, 11) is 0. The highest BCUT2D eigenvalue weighted by atomic mass is 16.5. The largest absolute Gasteiger partial charge is 0.481 e. The van der Waals surface area contributed by atoms with Crippen molar-refractivity contribution in [3.8, 4) is 0 Å². The number of esters is 1. The molecule has 0 heterocycles. The minimum atomic E-state index is -1.09. The average Bonchev–Trinajstić information content (AvgIpc) is 2.65. The van der Waals surface area contributed by atoms with Crippen molar-refractivity contribution < 1.29 is 34.8 Å². The minimum absolute atomic E-state index is 0.0278. The molecule has 2 rings (SSSR count). The van der Waals surface area contributed by atoms with Crippen molar-refractivity contribution in [1.29, 1.82) is 0 Å². The lowest BCUT2D eigenvalue weighted by Gasteiger charge is -2.42. The van der Waals surface area contributed by atoms with E-state index >= 15 is 0 Å². The highest BCUT2D eigenvalue weighted by Crippen LogP contribution is 2.44. The second-order valence-corrected chi connectivity index (χ2v) is 8.91. The quantitative estimate of drug-likeness (QED) is 0.397. The molecule has 0 saturated heterocycles. The first-order valence-electron chi connectivity index (χ1n) is 10.9. The maximum absolute atomic E-state index is 12.5. The Labute approximate surface area is 178 Å². The number of carbonyl (C=O) groups excluding carboxylic acids is 1. The normalized spacial score (nSPS) is 29.9. The Hall–Kier alpha value is -1.70. The summed E-state index contributed by atoms with van der Waals surface area (Å²) in [6, 6.07) is 0. The number of aliphatic carboxylic acids is 1. The number of hydrogen-bond donors (Lipinski definition) is 4. The summed E-state index contributed by atoms with van der Waals surface area (Å²) in [5.74, 6) is -1.65. The van der Waals surface area contributed by atoms with Gasteiger partial charge in [-0.3, -0.25) is 9.59 Å². The molecule has 0 saturated carbocycles.